The molecule has 0 saturated heterocycles. The number of anilines is 1. The molecule has 0 atom stereocenters. The summed E-state index contributed by atoms with van der Waals surface area (Å²) in [6, 6.07) is 8.81. The Morgan fingerprint density at radius 2 is 1.89 bits per heavy atom. The molecule has 1 aliphatic heterocycles. The van der Waals surface area contributed by atoms with E-state index in [0.717, 1.165) is 16.8 Å². The maximum Gasteiger partial charge on any atom is 0.437 e. The number of nitrogens with zero attached hydrogens (tertiary/aromatic N) is 2. The second kappa shape index (κ2) is 5.13. The molecule has 0 bridgehead atoms. The molecule has 0 unspecified atom stereocenters. The average molecular weight is 244 g/mol. The average Bonchev–Trinajstić information content (AvgIpc) is 2.35. The van der Waals surface area contributed by atoms with Crippen molar-refractivity contribution in [1.29, 1.82) is 0 Å². The van der Waals surface area contributed by atoms with Crippen molar-refractivity contribution < 1.29 is 19.1 Å². The Morgan fingerprint density at radius 1 is 1.17 bits per heavy atom. The van der Waals surface area contributed by atoms with E-state index in [9.17, 15) is 14.4 Å². The minimum absolute atomic E-state index is 0.288. The number of hydrogen-bond donors (Lipinski definition) is 1. The van der Waals surface area contributed by atoms with E-state index in [-0.39, 0.29) is 6.54 Å². The van der Waals surface area contributed by atoms with Crippen molar-refractivity contribution >= 4 is 23.4 Å². The molecule has 18 heavy (non-hydrogen) atoms. The number of carbonyl (C=O) groups excluding carboxylic acids is 3. The smallest absolute Gasteiger partial charge is 0.321 e. The van der Waals surface area contributed by atoms with E-state index in [0.29, 0.717) is 5.69 Å². The fraction of sp³-hybridized carbons (Fsp3) is 0.0833. The van der Waals surface area contributed by atoms with E-state index in [4.69, 9.17) is 0 Å². The van der Waals surface area contributed by atoms with Crippen LogP contribution in [0.25, 0.3) is 0 Å². The van der Waals surface area contributed by atoms with Gasteiger partial charge in [-0.25, -0.2) is 4.79 Å². The van der Waals surface area contributed by atoms with Crippen molar-refractivity contribution in [2.75, 3.05) is 11.9 Å². The van der Waals surface area contributed by atoms with E-state index < -0.39 is 17.7 Å². The summed E-state index contributed by atoms with van der Waals surface area (Å²) < 4.78 is 0.834. The summed E-state index contributed by atoms with van der Waals surface area (Å²) in [4.78, 5) is 34.0. The highest BCUT2D eigenvalue weighted by Crippen LogP contribution is 2.05. The fourth-order valence-corrected chi connectivity index (χ4v) is 1.40. The first-order valence-electron chi connectivity index (χ1n) is 5.25. The van der Waals surface area contributed by atoms with Gasteiger partial charge in [0.05, 0.1) is 6.08 Å². The zero-order chi connectivity index (χ0) is 13.0. The summed E-state index contributed by atoms with van der Waals surface area (Å²) in [7, 11) is 0. The lowest BCUT2D eigenvalue weighted by Crippen LogP contribution is -2.31. The number of benzene rings is 1. The Morgan fingerprint density at radius 3 is 2.61 bits per heavy atom. The molecule has 1 N–H and O–H groups in total. The monoisotopic (exact) mass is 244 g/mol. The van der Waals surface area contributed by atoms with Crippen molar-refractivity contribution in [3.63, 3.8) is 0 Å². The van der Waals surface area contributed by atoms with Gasteiger partial charge >= 0.3 is 11.8 Å². The van der Waals surface area contributed by atoms with E-state index in [2.05, 4.69) is 10.4 Å². The number of amides is 3. The third kappa shape index (κ3) is 2.94. The first kappa shape index (κ1) is 11.8. The summed E-state index contributed by atoms with van der Waals surface area (Å²) in [6.45, 7) is -0.288. The molecule has 0 radical (unpaired) electrons. The Kier molecular flexibility index (Phi) is 3.38. The van der Waals surface area contributed by atoms with Gasteiger partial charge in [-0.3, -0.25) is 9.59 Å². The van der Waals surface area contributed by atoms with E-state index >= 15 is 0 Å². The molecule has 0 fully saturated rings. The Bertz CT molecular complexity index is 561. The summed E-state index contributed by atoms with van der Waals surface area (Å²) in [5.41, 5.74) is 0.619. The summed E-state index contributed by atoms with van der Waals surface area (Å²) in [5.74, 6) is -1.46. The van der Waals surface area contributed by atoms with Crippen LogP contribution in [0.15, 0.2) is 47.6 Å². The van der Waals surface area contributed by atoms with Gasteiger partial charge < -0.3 is 5.32 Å². The molecular weight excluding hydrogens is 234 g/mol. The highest BCUT2D eigenvalue weighted by atomic mass is 16.2. The number of carbonyl (C=O) groups is 3. The van der Waals surface area contributed by atoms with Crippen LogP contribution in [0.3, 0.4) is 0 Å². The van der Waals surface area contributed by atoms with Crippen molar-refractivity contribution in [1.82, 2.24) is 0 Å². The van der Waals surface area contributed by atoms with Gasteiger partial charge in [-0.05, 0) is 16.8 Å². The lowest BCUT2D eigenvalue weighted by molar-refractivity contribution is -0.495. The normalized spacial score (nSPS) is 14.3. The van der Waals surface area contributed by atoms with Gasteiger partial charge in [0.15, 0.2) is 0 Å². The Balaban J connectivity index is 2.00. The Labute approximate surface area is 103 Å². The standard InChI is InChI=1S/C12H9N3O3/c16-10-6-7-12(18)15(14-10)8-11(17)13-9-4-2-1-3-5-9/h1-7H,8H2/p+1. The number of nitrogens with one attached hydrogen (secondary N) is 1. The molecule has 1 aliphatic rings. The second-order valence-electron chi connectivity index (χ2n) is 3.58. The van der Waals surface area contributed by atoms with Gasteiger partial charge in [0.2, 0.25) is 0 Å². The van der Waals surface area contributed by atoms with Crippen LogP contribution in [0.1, 0.15) is 0 Å². The van der Waals surface area contributed by atoms with Crippen LogP contribution >= 0.6 is 0 Å². The van der Waals surface area contributed by atoms with Crippen LogP contribution in [-0.4, -0.2) is 29.0 Å². The van der Waals surface area contributed by atoms with Gasteiger partial charge in [0.1, 0.15) is 0 Å². The fourth-order valence-electron chi connectivity index (χ4n) is 1.40. The molecule has 0 spiro atoms. The van der Waals surface area contributed by atoms with Crippen molar-refractivity contribution in [2.45, 2.75) is 0 Å². The quantitative estimate of drug-likeness (QED) is 0.795. The van der Waals surface area contributed by atoms with Crippen molar-refractivity contribution in [3.05, 3.63) is 42.5 Å². The van der Waals surface area contributed by atoms with Crippen LogP contribution in [0, 0.1) is 0 Å². The van der Waals surface area contributed by atoms with Gasteiger partial charge in [0, 0.05) is 16.9 Å². The largest absolute Gasteiger partial charge is 0.437 e. The van der Waals surface area contributed by atoms with Gasteiger partial charge in [0.25, 0.3) is 12.5 Å². The third-order valence-electron chi connectivity index (χ3n) is 2.19. The molecule has 0 aliphatic carbocycles. The van der Waals surface area contributed by atoms with Crippen molar-refractivity contribution in [3.8, 4) is 0 Å². The molecule has 1 heterocycles. The zero-order valence-electron chi connectivity index (χ0n) is 9.37. The summed E-state index contributed by atoms with van der Waals surface area (Å²) in [6.07, 6.45) is 2.15. The van der Waals surface area contributed by atoms with Crippen molar-refractivity contribution in [2.24, 2.45) is 5.11 Å². The second-order valence-corrected chi connectivity index (χ2v) is 3.58. The predicted octanol–water partition coefficient (Wildman–Crippen LogP) is 0.713. The summed E-state index contributed by atoms with van der Waals surface area (Å²) in [5, 5.41) is 6.04. The maximum atomic E-state index is 11.6. The minimum Gasteiger partial charge on any atom is -0.321 e. The van der Waals surface area contributed by atoms with E-state index in [1.807, 2.05) is 6.07 Å². The highest BCUT2D eigenvalue weighted by Gasteiger charge is 2.26. The van der Waals surface area contributed by atoms with Gasteiger partial charge in [-0.2, -0.15) is 0 Å². The van der Waals surface area contributed by atoms with Gasteiger partial charge in [-0.15, -0.1) is 0 Å². The van der Waals surface area contributed by atoms with Crippen LogP contribution < -0.4 is 5.32 Å². The predicted molar refractivity (Wildman–Crippen MR) is 61.8 cm³/mol. The Hall–Kier alpha value is -2.63. The SMILES string of the molecule is O=C1C=CC(=O)[N+](CC(=O)Nc2ccccc2)=N1. The molecule has 6 heteroatoms. The molecule has 3 amide bonds. The lowest BCUT2D eigenvalue weighted by atomic mass is 10.3. The topological polar surface area (TPSA) is 78.6 Å². The molecule has 2 rings (SSSR count). The first-order chi connectivity index (χ1) is 8.65. The van der Waals surface area contributed by atoms with E-state index in [1.54, 1.807) is 24.3 Å². The van der Waals surface area contributed by atoms with Crippen LogP contribution in [-0.2, 0) is 14.4 Å². The molecule has 1 aromatic carbocycles. The van der Waals surface area contributed by atoms with Gasteiger partial charge in [-0.1, -0.05) is 18.2 Å². The molecule has 90 valence electrons. The number of hydrogen-bond acceptors (Lipinski definition) is 3. The molecule has 0 aromatic heterocycles. The molecular formula is C12H10N3O3+. The highest BCUT2D eigenvalue weighted by molar-refractivity contribution is 5.98. The number of azo groups is 2. The third-order valence-corrected chi connectivity index (χ3v) is 2.19. The maximum absolute atomic E-state index is 11.6. The first-order valence-corrected chi connectivity index (χ1v) is 5.25. The zero-order valence-corrected chi connectivity index (χ0v) is 9.37. The van der Waals surface area contributed by atoms with E-state index in [1.165, 1.54) is 0 Å². The lowest BCUT2D eigenvalue weighted by Gasteiger charge is -2.02. The molecule has 6 nitrogen and oxygen atoms in total. The molecule has 1 aromatic rings. The minimum atomic E-state index is -0.554. The summed E-state index contributed by atoms with van der Waals surface area (Å²) >= 11 is 0. The number of para-hydroxylation sites is 1. The van der Waals surface area contributed by atoms with Crippen LogP contribution in [0.5, 0.6) is 0 Å². The number of rotatable bonds is 3. The molecule has 0 saturated carbocycles. The van der Waals surface area contributed by atoms with Crippen LogP contribution in [0.4, 0.5) is 5.69 Å². The van der Waals surface area contributed by atoms with Crippen LogP contribution in [0.2, 0.25) is 0 Å².